The Hall–Kier alpha value is -2.76. The highest BCUT2D eigenvalue weighted by atomic mass is 16.2. The summed E-state index contributed by atoms with van der Waals surface area (Å²) in [4.78, 5) is 50.4. The van der Waals surface area contributed by atoms with Crippen molar-refractivity contribution >= 4 is 23.6 Å². The van der Waals surface area contributed by atoms with Gasteiger partial charge in [0.25, 0.3) is 11.8 Å². The number of allylic oxidation sites excluding steroid dienone is 2. The van der Waals surface area contributed by atoms with E-state index in [1.807, 2.05) is 43.3 Å². The molecule has 1 heterocycles. The standard InChI is InChI=1S/C19H20N2O4/c1-12-9-10-19(16(11-12)15-7-5-4-6-8-15)17(24)20(13(2)22)21(14(3)23)18(19)25/h4-9,16H,10-11H2,1-3H3. The molecule has 1 aromatic carbocycles. The van der Waals surface area contributed by atoms with Gasteiger partial charge in [-0.25, -0.2) is 0 Å². The van der Waals surface area contributed by atoms with E-state index >= 15 is 0 Å². The highest BCUT2D eigenvalue weighted by molar-refractivity contribution is 6.20. The van der Waals surface area contributed by atoms with Crippen LogP contribution in [-0.4, -0.2) is 33.6 Å². The number of rotatable bonds is 1. The Morgan fingerprint density at radius 3 is 2.00 bits per heavy atom. The van der Waals surface area contributed by atoms with Crippen molar-refractivity contribution in [1.29, 1.82) is 0 Å². The lowest BCUT2D eigenvalue weighted by atomic mass is 9.64. The van der Waals surface area contributed by atoms with Gasteiger partial charge in [-0.05, 0) is 25.3 Å². The number of carbonyl (C=O) groups excluding carboxylic acids is 4. The normalized spacial score (nSPS) is 22.4. The predicted molar refractivity (Wildman–Crippen MR) is 89.7 cm³/mol. The second kappa shape index (κ2) is 5.95. The monoisotopic (exact) mass is 340 g/mol. The lowest BCUT2D eigenvalue weighted by molar-refractivity contribution is -0.168. The molecule has 0 saturated carbocycles. The molecule has 0 aromatic heterocycles. The zero-order valence-corrected chi connectivity index (χ0v) is 14.5. The van der Waals surface area contributed by atoms with Crippen molar-refractivity contribution < 1.29 is 19.2 Å². The van der Waals surface area contributed by atoms with Crippen LogP contribution < -0.4 is 0 Å². The van der Waals surface area contributed by atoms with Crippen LogP contribution in [0.3, 0.4) is 0 Å². The molecule has 1 aromatic rings. The van der Waals surface area contributed by atoms with E-state index in [1.165, 1.54) is 13.8 Å². The summed E-state index contributed by atoms with van der Waals surface area (Å²) in [6.07, 6.45) is 2.57. The molecule has 3 rings (SSSR count). The third-order valence-electron chi connectivity index (χ3n) is 5.04. The molecule has 0 bridgehead atoms. The lowest BCUT2D eigenvalue weighted by Gasteiger charge is -2.36. The van der Waals surface area contributed by atoms with E-state index < -0.39 is 35.0 Å². The average molecular weight is 340 g/mol. The van der Waals surface area contributed by atoms with Gasteiger partial charge in [-0.2, -0.15) is 10.0 Å². The topological polar surface area (TPSA) is 74.8 Å². The van der Waals surface area contributed by atoms with Gasteiger partial charge in [0.15, 0.2) is 0 Å². The largest absolute Gasteiger partial charge is 0.273 e. The third kappa shape index (κ3) is 2.40. The Balaban J connectivity index is 2.20. The molecule has 25 heavy (non-hydrogen) atoms. The maximum atomic E-state index is 13.2. The minimum absolute atomic E-state index is 0.184. The van der Waals surface area contributed by atoms with Gasteiger partial charge >= 0.3 is 0 Å². The number of benzene rings is 1. The van der Waals surface area contributed by atoms with Gasteiger partial charge in [0.2, 0.25) is 11.8 Å². The zero-order chi connectivity index (χ0) is 18.4. The first-order valence-electron chi connectivity index (χ1n) is 8.21. The van der Waals surface area contributed by atoms with Gasteiger partial charge < -0.3 is 0 Å². The van der Waals surface area contributed by atoms with E-state index in [2.05, 4.69) is 0 Å². The van der Waals surface area contributed by atoms with Crippen LogP contribution in [0.4, 0.5) is 0 Å². The van der Waals surface area contributed by atoms with Crippen LogP contribution in [0.1, 0.15) is 45.1 Å². The van der Waals surface area contributed by atoms with Crippen molar-refractivity contribution in [3.8, 4) is 0 Å². The van der Waals surface area contributed by atoms with Gasteiger partial charge in [-0.1, -0.05) is 42.0 Å². The molecule has 1 spiro atoms. The van der Waals surface area contributed by atoms with E-state index in [1.54, 1.807) is 0 Å². The van der Waals surface area contributed by atoms with Gasteiger partial charge in [0, 0.05) is 19.8 Å². The van der Waals surface area contributed by atoms with Gasteiger partial charge in [-0.3, -0.25) is 19.2 Å². The fourth-order valence-electron chi connectivity index (χ4n) is 3.84. The Labute approximate surface area is 146 Å². The Morgan fingerprint density at radius 2 is 1.52 bits per heavy atom. The molecular formula is C19H20N2O4. The molecule has 0 radical (unpaired) electrons. The summed E-state index contributed by atoms with van der Waals surface area (Å²) < 4.78 is 0. The van der Waals surface area contributed by atoms with Crippen LogP contribution in [0, 0.1) is 5.41 Å². The van der Waals surface area contributed by atoms with E-state index in [0.717, 1.165) is 11.1 Å². The van der Waals surface area contributed by atoms with Crippen LogP contribution >= 0.6 is 0 Å². The molecule has 6 heteroatoms. The Bertz CT molecular complexity index is 765. The highest BCUT2D eigenvalue weighted by Gasteiger charge is 2.64. The van der Waals surface area contributed by atoms with Gasteiger partial charge in [0.1, 0.15) is 5.41 Å². The molecule has 1 aliphatic heterocycles. The van der Waals surface area contributed by atoms with Crippen molar-refractivity contribution in [1.82, 2.24) is 10.0 Å². The quantitative estimate of drug-likeness (QED) is 0.580. The summed E-state index contributed by atoms with van der Waals surface area (Å²) in [7, 11) is 0. The molecule has 1 saturated heterocycles. The molecule has 2 aliphatic rings. The zero-order valence-electron chi connectivity index (χ0n) is 14.5. The van der Waals surface area contributed by atoms with Crippen LogP contribution in [0.25, 0.3) is 0 Å². The first-order valence-corrected chi connectivity index (χ1v) is 8.21. The number of imide groups is 2. The maximum absolute atomic E-state index is 13.2. The minimum Gasteiger partial charge on any atom is -0.273 e. The summed E-state index contributed by atoms with van der Waals surface area (Å²) in [6.45, 7) is 4.32. The van der Waals surface area contributed by atoms with Gasteiger partial charge in [-0.15, -0.1) is 0 Å². The first-order chi connectivity index (χ1) is 11.8. The molecule has 1 unspecified atom stereocenters. The van der Waals surface area contributed by atoms with Gasteiger partial charge in [0.05, 0.1) is 0 Å². The second-order valence-corrected chi connectivity index (χ2v) is 6.67. The number of amides is 4. The molecule has 6 nitrogen and oxygen atoms in total. The van der Waals surface area contributed by atoms with Crippen LogP contribution in [0.2, 0.25) is 0 Å². The Kier molecular flexibility index (Phi) is 4.06. The molecule has 130 valence electrons. The maximum Gasteiger partial charge on any atom is 0.265 e. The van der Waals surface area contributed by atoms with Crippen LogP contribution in [0.15, 0.2) is 42.0 Å². The number of hydrogen-bond donors (Lipinski definition) is 0. The van der Waals surface area contributed by atoms with E-state index in [-0.39, 0.29) is 6.42 Å². The molecular weight excluding hydrogens is 320 g/mol. The SMILES string of the molecule is CC(=O)N1C(=O)C2(CC=C(C)CC2c2ccccc2)C(=O)N1C(C)=O. The number of carbonyl (C=O) groups is 4. The number of hydrazine groups is 1. The average Bonchev–Trinajstić information content (AvgIpc) is 2.80. The fraction of sp³-hybridized carbons (Fsp3) is 0.368. The minimum atomic E-state index is -1.45. The fourth-order valence-corrected chi connectivity index (χ4v) is 3.84. The van der Waals surface area contributed by atoms with Crippen molar-refractivity contribution in [2.45, 2.75) is 39.5 Å². The summed E-state index contributed by atoms with van der Waals surface area (Å²) >= 11 is 0. The van der Waals surface area contributed by atoms with Crippen LogP contribution in [-0.2, 0) is 19.2 Å². The molecule has 0 N–H and O–H groups in total. The van der Waals surface area contributed by atoms with E-state index in [0.29, 0.717) is 16.4 Å². The Morgan fingerprint density at radius 1 is 1.00 bits per heavy atom. The molecule has 1 fully saturated rings. The van der Waals surface area contributed by atoms with Crippen LogP contribution in [0.5, 0.6) is 0 Å². The second-order valence-electron chi connectivity index (χ2n) is 6.67. The number of nitrogens with zero attached hydrogens (tertiary/aromatic N) is 2. The predicted octanol–water partition coefficient (Wildman–Crippen LogP) is 2.18. The summed E-state index contributed by atoms with van der Waals surface area (Å²) in [5.41, 5.74) is 0.486. The molecule has 1 atom stereocenters. The van der Waals surface area contributed by atoms with E-state index in [4.69, 9.17) is 0 Å². The highest BCUT2D eigenvalue weighted by Crippen LogP contribution is 2.52. The van der Waals surface area contributed by atoms with Crippen molar-refractivity contribution in [3.05, 3.63) is 47.5 Å². The van der Waals surface area contributed by atoms with Crippen molar-refractivity contribution in [3.63, 3.8) is 0 Å². The summed E-state index contributed by atoms with van der Waals surface area (Å²) in [5, 5.41) is 1.41. The lowest BCUT2D eigenvalue weighted by Crippen LogP contribution is -2.46. The van der Waals surface area contributed by atoms with Crippen molar-refractivity contribution in [2.24, 2.45) is 5.41 Å². The smallest absolute Gasteiger partial charge is 0.265 e. The molecule has 4 amide bonds. The summed E-state index contributed by atoms with van der Waals surface area (Å²) in [5.74, 6) is -2.91. The van der Waals surface area contributed by atoms with Crippen molar-refractivity contribution in [2.75, 3.05) is 0 Å². The summed E-state index contributed by atoms with van der Waals surface area (Å²) in [6, 6.07) is 9.32. The first kappa shape index (κ1) is 17.1. The molecule has 1 aliphatic carbocycles. The van der Waals surface area contributed by atoms with E-state index in [9.17, 15) is 19.2 Å². The third-order valence-corrected chi connectivity index (χ3v) is 5.04. The number of hydrogen-bond acceptors (Lipinski definition) is 4.